The van der Waals surface area contributed by atoms with Gasteiger partial charge in [0.1, 0.15) is 5.69 Å². The fourth-order valence-corrected chi connectivity index (χ4v) is 3.80. The van der Waals surface area contributed by atoms with Gasteiger partial charge < -0.3 is 5.32 Å². The molecule has 2 aromatic carbocycles. The highest BCUT2D eigenvalue weighted by Crippen LogP contribution is 2.28. The second kappa shape index (κ2) is 8.34. The molecule has 3 aromatic rings. The molecule has 4 rings (SSSR count). The van der Waals surface area contributed by atoms with Crippen LogP contribution in [0.3, 0.4) is 0 Å². The summed E-state index contributed by atoms with van der Waals surface area (Å²) in [4.78, 5) is 13.2. The van der Waals surface area contributed by atoms with Gasteiger partial charge in [-0.3, -0.25) is 4.79 Å². The lowest BCUT2D eigenvalue weighted by Crippen LogP contribution is -2.26. The number of benzene rings is 2. The molecule has 0 spiro atoms. The number of fused-ring (bicyclic) bond motifs is 1. The van der Waals surface area contributed by atoms with Gasteiger partial charge in [0.05, 0.1) is 11.1 Å². The van der Waals surface area contributed by atoms with Crippen LogP contribution in [0, 0.1) is 6.92 Å². The number of carbonyl (C=O) groups excluding carboxylic acids is 1. The quantitative estimate of drug-likeness (QED) is 0.625. The van der Waals surface area contributed by atoms with E-state index in [9.17, 15) is 4.79 Å². The maximum absolute atomic E-state index is 13.2. The van der Waals surface area contributed by atoms with Crippen LogP contribution < -0.4 is 5.32 Å². The molecule has 1 amide bonds. The van der Waals surface area contributed by atoms with E-state index in [-0.39, 0.29) is 5.91 Å². The van der Waals surface area contributed by atoms with Gasteiger partial charge in [-0.15, -0.1) is 10.2 Å². The summed E-state index contributed by atoms with van der Waals surface area (Å²) in [5, 5.41) is 12.7. The first-order valence-electron chi connectivity index (χ1n) is 10.0. The summed E-state index contributed by atoms with van der Waals surface area (Å²) in [5.41, 5.74) is 5.44. The standard InChI is InChI=1S/C24H25N3O/c1-17-12-13-21-20(16-17)22(23(27-26-21)19-10-6-3-7-11-19)24(28)25-15-14-18-8-4-2-5-9-18/h3,6-8,10-13,16H,2,4-5,9,14-15H2,1H3,(H,25,28). The Labute approximate surface area is 165 Å². The third kappa shape index (κ3) is 3.96. The van der Waals surface area contributed by atoms with Crippen molar-refractivity contribution in [1.82, 2.24) is 15.5 Å². The molecule has 0 bridgehead atoms. The number of rotatable bonds is 5. The minimum absolute atomic E-state index is 0.0826. The summed E-state index contributed by atoms with van der Waals surface area (Å²) in [5.74, 6) is -0.0826. The van der Waals surface area contributed by atoms with Crippen LogP contribution >= 0.6 is 0 Å². The fourth-order valence-electron chi connectivity index (χ4n) is 3.80. The Kier molecular flexibility index (Phi) is 5.47. The van der Waals surface area contributed by atoms with Crippen LogP contribution in [0.25, 0.3) is 22.2 Å². The predicted molar refractivity (Wildman–Crippen MR) is 113 cm³/mol. The first-order chi connectivity index (χ1) is 13.7. The number of carbonyl (C=O) groups is 1. The van der Waals surface area contributed by atoms with Gasteiger partial charge >= 0.3 is 0 Å². The van der Waals surface area contributed by atoms with Crippen molar-refractivity contribution in [2.24, 2.45) is 0 Å². The number of aryl methyl sites for hydroxylation is 1. The molecule has 4 nitrogen and oxygen atoms in total. The Morgan fingerprint density at radius 2 is 1.93 bits per heavy atom. The van der Waals surface area contributed by atoms with Crippen molar-refractivity contribution in [3.8, 4) is 11.3 Å². The second-order valence-corrected chi connectivity index (χ2v) is 7.42. The number of allylic oxidation sites excluding steroid dienone is 1. The Bertz CT molecular complexity index is 1020. The van der Waals surface area contributed by atoms with Gasteiger partial charge in [-0.2, -0.15) is 0 Å². The van der Waals surface area contributed by atoms with E-state index in [1.807, 2.05) is 55.5 Å². The molecule has 0 atom stereocenters. The van der Waals surface area contributed by atoms with E-state index in [1.165, 1.54) is 24.8 Å². The van der Waals surface area contributed by atoms with Crippen molar-refractivity contribution in [3.63, 3.8) is 0 Å². The van der Waals surface area contributed by atoms with E-state index in [0.29, 0.717) is 17.8 Å². The van der Waals surface area contributed by atoms with Crippen molar-refractivity contribution in [2.45, 2.75) is 39.0 Å². The number of aromatic nitrogens is 2. The molecule has 1 heterocycles. The van der Waals surface area contributed by atoms with E-state index in [1.54, 1.807) is 0 Å². The third-order valence-electron chi connectivity index (χ3n) is 5.31. The summed E-state index contributed by atoms with van der Waals surface area (Å²) in [6, 6.07) is 15.7. The summed E-state index contributed by atoms with van der Waals surface area (Å²) in [7, 11) is 0. The third-order valence-corrected chi connectivity index (χ3v) is 5.31. The molecule has 1 aromatic heterocycles. The Morgan fingerprint density at radius 1 is 1.07 bits per heavy atom. The molecule has 0 radical (unpaired) electrons. The van der Waals surface area contributed by atoms with Gasteiger partial charge in [-0.1, -0.05) is 53.6 Å². The van der Waals surface area contributed by atoms with Gasteiger partial charge in [0.25, 0.3) is 5.91 Å². The van der Waals surface area contributed by atoms with Crippen molar-refractivity contribution >= 4 is 16.8 Å². The first kappa shape index (κ1) is 18.4. The monoisotopic (exact) mass is 371 g/mol. The van der Waals surface area contributed by atoms with E-state index >= 15 is 0 Å². The number of nitrogens with zero attached hydrogens (tertiary/aromatic N) is 2. The second-order valence-electron chi connectivity index (χ2n) is 7.42. The molecule has 1 N–H and O–H groups in total. The zero-order valence-electron chi connectivity index (χ0n) is 16.2. The van der Waals surface area contributed by atoms with Crippen LogP contribution in [0.1, 0.15) is 48.0 Å². The van der Waals surface area contributed by atoms with Crippen molar-refractivity contribution in [1.29, 1.82) is 0 Å². The molecule has 4 heteroatoms. The lowest BCUT2D eigenvalue weighted by atomic mass is 9.97. The first-order valence-corrected chi connectivity index (χ1v) is 10.0. The van der Waals surface area contributed by atoms with Crippen molar-refractivity contribution in [2.75, 3.05) is 6.54 Å². The zero-order valence-corrected chi connectivity index (χ0v) is 16.2. The maximum atomic E-state index is 13.2. The van der Waals surface area contributed by atoms with E-state index in [2.05, 4.69) is 21.6 Å². The zero-order chi connectivity index (χ0) is 19.3. The maximum Gasteiger partial charge on any atom is 0.254 e. The Morgan fingerprint density at radius 3 is 2.71 bits per heavy atom. The van der Waals surface area contributed by atoms with E-state index < -0.39 is 0 Å². The number of hydrogen-bond donors (Lipinski definition) is 1. The van der Waals surface area contributed by atoms with Crippen molar-refractivity contribution < 1.29 is 4.79 Å². The van der Waals surface area contributed by atoms with Crippen LogP contribution in [-0.2, 0) is 0 Å². The summed E-state index contributed by atoms with van der Waals surface area (Å²) < 4.78 is 0. The fraction of sp³-hybridized carbons (Fsp3) is 0.292. The van der Waals surface area contributed by atoms with Crippen molar-refractivity contribution in [3.05, 3.63) is 71.3 Å². The normalized spacial score (nSPS) is 14.0. The van der Waals surface area contributed by atoms with Crippen LogP contribution in [0.5, 0.6) is 0 Å². The molecule has 142 valence electrons. The summed E-state index contributed by atoms with van der Waals surface area (Å²) >= 11 is 0. The Hall–Kier alpha value is -3.01. The van der Waals surface area contributed by atoms with Crippen LogP contribution in [-0.4, -0.2) is 22.6 Å². The molecular formula is C24H25N3O. The largest absolute Gasteiger partial charge is 0.352 e. The minimum atomic E-state index is -0.0826. The lowest BCUT2D eigenvalue weighted by molar-refractivity contribution is 0.0956. The molecular weight excluding hydrogens is 346 g/mol. The highest BCUT2D eigenvalue weighted by Gasteiger charge is 2.19. The molecule has 0 unspecified atom stereocenters. The van der Waals surface area contributed by atoms with Gasteiger partial charge in [-0.05, 0) is 51.2 Å². The number of nitrogens with one attached hydrogen (secondary N) is 1. The molecule has 1 aliphatic carbocycles. The lowest BCUT2D eigenvalue weighted by Gasteiger charge is -2.15. The molecule has 0 saturated heterocycles. The van der Waals surface area contributed by atoms with Crippen LogP contribution in [0.15, 0.2) is 60.2 Å². The van der Waals surface area contributed by atoms with Gasteiger partial charge in [-0.25, -0.2) is 0 Å². The highest BCUT2D eigenvalue weighted by molar-refractivity contribution is 6.10. The number of amides is 1. The SMILES string of the molecule is Cc1ccc2nnc(-c3ccccc3)c(C(=O)NCCC3=CCCCC3)c2c1. The Balaban J connectivity index is 1.67. The van der Waals surface area contributed by atoms with E-state index in [0.717, 1.165) is 34.9 Å². The van der Waals surface area contributed by atoms with Gasteiger partial charge in [0.2, 0.25) is 0 Å². The van der Waals surface area contributed by atoms with Crippen LogP contribution in [0.4, 0.5) is 0 Å². The average molecular weight is 371 g/mol. The number of hydrogen-bond acceptors (Lipinski definition) is 3. The summed E-state index contributed by atoms with van der Waals surface area (Å²) in [6.07, 6.45) is 8.11. The average Bonchev–Trinajstić information content (AvgIpc) is 2.74. The van der Waals surface area contributed by atoms with Gasteiger partial charge in [0, 0.05) is 17.5 Å². The van der Waals surface area contributed by atoms with Crippen LogP contribution in [0.2, 0.25) is 0 Å². The molecule has 0 fully saturated rings. The predicted octanol–water partition coefficient (Wildman–Crippen LogP) is 5.23. The molecule has 0 saturated carbocycles. The molecule has 28 heavy (non-hydrogen) atoms. The van der Waals surface area contributed by atoms with E-state index in [4.69, 9.17) is 0 Å². The summed E-state index contributed by atoms with van der Waals surface area (Å²) in [6.45, 7) is 2.67. The smallest absolute Gasteiger partial charge is 0.254 e. The van der Waals surface area contributed by atoms with Gasteiger partial charge in [0.15, 0.2) is 0 Å². The molecule has 1 aliphatic rings. The molecule has 0 aliphatic heterocycles. The minimum Gasteiger partial charge on any atom is -0.352 e. The topological polar surface area (TPSA) is 54.9 Å². The highest BCUT2D eigenvalue weighted by atomic mass is 16.1.